The van der Waals surface area contributed by atoms with E-state index in [-0.39, 0.29) is 5.91 Å². The highest BCUT2D eigenvalue weighted by atomic mass is 32.2. The number of nitrogens with one attached hydrogen (secondary N) is 1. The number of imidazole rings is 1. The zero-order valence-electron chi connectivity index (χ0n) is 17.6. The molecule has 1 saturated heterocycles. The second kappa shape index (κ2) is 9.39. The van der Waals surface area contributed by atoms with Gasteiger partial charge in [-0.05, 0) is 61.6 Å². The van der Waals surface area contributed by atoms with Crippen molar-refractivity contribution in [1.29, 1.82) is 0 Å². The van der Waals surface area contributed by atoms with Crippen molar-refractivity contribution < 1.29 is 4.79 Å². The minimum atomic E-state index is 0.0131. The summed E-state index contributed by atoms with van der Waals surface area (Å²) >= 11 is 1.46. The Bertz CT molecular complexity index is 1010. The first-order chi connectivity index (χ1) is 14.6. The van der Waals surface area contributed by atoms with Gasteiger partial charge in [-0.1, -0.05) is 36.0 Å². The number of carbonyl (C=O) groups is 1. The summed E-state index contributed by atoms with van der Waals surface area (Å²) in [6, 6.07) is 14.8. The molecule has 1 fully saturated rings. The van der Waals surface area contributed by atoms with Crippen molar-refractivity contribution >= 4 is 23.4 Å². The number of hydrogen-bond donors (Lipinski definition) is 1. The van der Waals surface area contributed by atoms with Gasteiger partial charge in [0.05, 0.1) is 11.4 Å². The van der Waals surface area contributed by atoms with Crippen LogP contribution in [0.2, 0.25) is 0 Å². The maximum atomic E-state index is 12.4. The van der Waals surface area contributed by atoms with Crippen molar-refractivity contribution in [3.8, 4) is 5.69 Å². The van der Waals surface area contributed by atoms with Crippen molar-refractivity contribution in [2.24, 2.45) is 0 Å². The van der Waals surface area contributed by atoms with E-state index < -0.39 is 0 Å². The molecule has 0 saturated carbocycles. The first-order valence-electron chi connectivity index (χ1n) is 10.4. The summed E-state index contributed by atoms with van der Waals surface area (Å²) in [5, 5.41) is 3.85. The van der Waals surface area contributed by atoms with Gasteiger partial charge in [-0.2, -0.15) is 0 Å². The number of benzene rings is 2. The Morgan fingerprint density at radius 3 is 2.63 bits per heavy atom. The van der Waals surface area contributed by atoms with Crippen molar-refractivity contribution in [2.75, 3.05) is 23.7 Å². The second-order valence-corrected chi connectivity index (χ2v) is 8.67. The van der Waals surface area contributed by atoms with Crippen LogP contribution in [0.25, 0.3) is 5.69 Å². The smallest absolute Gasteiger partial charge is 0.230 e. The number of rotatable bonds is 7. The highest BCUT2D eigenvalue weighted by Gasteiger charge is 2.13. The number of thioether (sulfide) groups is 1. The van der Waals surface area contributed by atoms with E-state index in [0.29, 0.717) is 12.3 Å². The molecule has 2 aromatic carbocycles. The minimum absolute atomic E-state index is 0.0131. The summed E-state index contributed by atoms with van der Waals surface area (Å²) in [5.74, 6) is 0.354. The van der Waals surface area contributed by atoms with Gasteiger partial charge in [-0.25, -0.2) is 4.98 Å². The lowest BCUT2D eigenvalue weighted by Crippen LogP contribution is -2.24. The van der Waals surface area contributed by atoms with Crippen LogP contribution in [-0.4, -0.2) is 34.3 Å². The maximum Gasteiger partial charge on any atom is 0.230 e. The van der Waals surface area contributed by atoms with Crippen molar-refractivity contribution in [3.63, 3.8) is 0 Å². The number of hydrogen-bond acceptors (Lipinski definition) is 4. The average molecular weight is 421 g/mol. The molecule has 0 aliphatic carbocycles. The molecular formula is C24H28N4OS. The molecule has 6 heteroatoms. The van der Waals surface area contributed by atoms with Crippen LogP contribution in [0, 0.1) is 13.8 Å². The molecule has 1 N–H and O–H groups in total. The third-order valence-corrected chi connectivity index (χ3v) is 6.64. The largest absolute Gasteiger partial charge is 0.372 e. The van der Waals surface area contributed by atoms with Crippen LogP contribution in [0.15, 0.2) is 60.0 Å². The molecule has 0 radical (unpaired) electrons. The van der Waals surface area contributed by atoms with E-state index in [2.05, 4.69) is 70.0 Å². The molecule has 3 aromatic rings. The third-order valence-electron chi connectivity index (χ3n) is 5.67. The highest BCUT2D eigenvalue weighted by molar-refractivity contribution is 7.99. The predicted molar refractivity (Wildman–Crippen MR) is 123 cm³/mol. The van der Waals surface area contributed by atoms with Crippen molar-refractivity contribution in [2.45, 2.75) is 38.4 Å². The van der Waals surface area contributed by atoms with Gasteiger partial charge in [0.25, 0.3) is 0 Å². The Balaban J connectivity index is 1.30. The van der Waals surface area contributed by atoms with Gasteiger partial charge in [0, 0.05) is 37.7 Å². The minimum Gasteiger partial charge on any atom is -0.372 e. The van der Waals surface area contributed by atoms with Crippen LogP contribution >= 0.6 is 11.8 Å². The molecule has 1 amide bonds. The predicted octanol–water partition coefficient (Wildman–Crippen LogP) is 4.50. The Morgan fingerprint density at radius 2 is 1.87 bits per heavy atom. The summed E-state index contributed by atoms with van der Waals surface area (Å²) in [5.41, 5.74) is 5.96. The number of aryl methyl sites for hydroxylation is 1. The summed E-state index contributed by atoms with van der Waals surface area (Å²) < 4.78 is 2.05. The number of aromatic nitrogens is 2. The molecule has 4 rings (SSSR count). The molecule has 0 unspecified atom stereocenters. The quantitative estimate of drug-likeness (QED) is 0.572. The van der Waals surface area contributed by atoms with Crippen LogP contribution in [0.3, 0.4) is 0 Å². The Labute approximate surface area is 182 Å². The van der Waals surface area contributed by atoms with Crippen LogP contribution in [0.1, 0.15) is 29.5 Å². The monoisotopic (exact) mass is 420 g/mol. The van der Waals surface area contributed by atoms with Gasteiger partial charge >= 0.3 is 0 Å². The fraction of sp³-hybridized carbons (Fsp3) is 0.333. The van der Waals surface area contributed by atoms with E-state index >= 15 is 0 Å². The van der Waals surface area contributed by atoms with E-state index in [9.17, 15) is 4.79 Å². The second-order valence-electron chi connectivity index (χ2n) is 7.72. The molecule has 0 spiro atoms. The maximum absolute atomic E-state index is 12.4. The fourth-order valence-electron chi connectivity index (χ4n) is 3.76. The zero-order chi connectivity index (χ0) is 20.9. The number of carbonyl (C=O) groups excluding carboxylic acids is 1. The first-order valence-corrected chi connectivity index (χ1v) is 11.4. The third kappa shape index (κ3) is 4.70. The summed E-state index contributed by atoms with van der Waals surface area (Å²) in [6.45, 7) is 7.05. The summed E-state index contributed by atoms with van der Waals surface area (Å²) in [4.78, 5) is 19.2. The first kappa shape index (κ1) is 20.5. The van der Waals surface area contributed by atoms with Gasteiger partial charge in [-0.15, -0.1) is 0 Å². The summed E-state index contributed by atoms with van der Waals surface area (Å²) in [7, 11) is 0. The average Bonchev–Trinajstić information content (AvgIpc) is 3.45. The van der Waals surface area contributed by atoms with E-state index in [1.165, 1.54) is 41.4 Å². The van der Waals surface area contributed by atoms with E-state index in [1.807, 2.05) is 12.3 Å². The highest BCUT2D eigenvalue weighted by Crippen LogP contribution is 2.24. The molecule has 30 heavy (non-hydrogen) atoms. The SMILES string of the molecule is Cc1cccc(-n2ccnc2SCC(=O)NCc2ccc(N3CCCC3)cc2)c1C. The fourth-order valence-corrected chi connectivity index (χ4v) is 4.55. The number of amides is 1. The van der Waals surface area contributed by atoms with Gasteiger partial charge in [-0.3, -0.25) is 9.36 Å². The molecule has 0 atom stereocenters. The molecule has 156 valence electrons. The zero-order valence-corrected chi connectivity index (χ0v) is 18.4. The van der Waals surface area contributed by atoms with Crippen LogP contribution in [0.5, 0.6) is 0 Å². The molecule has 2 heterocycles. The molecule has 0 bridgehead atoms. The molecule has 1 aromatic heterocycles. The van der Waals surface area contributed by atoms with E-state index in [4.69, 9.17) is 0 Å². The Morgan fingerprint density at radius 1 is 1.10 bits per heavy atom. The van der Waals surface area contributed by atoms with Gasteiger partial charge in [0.2, 0.25) is 5.91 Å². The lowest BCUT2D eigenvalue weighted by Gasteiger charge is -2.17. The van der Waals surface area contributed by atoms with E-state index in [1.54, 1.807) is 6.20 Å². The van der Waals surface area contributed by atoms with Crippen LogP contribution in [-0.2, 0) is 11.3 Å². The molecule has 1 aliphatic rings. The normalized spacial score (nSPS) is 13.6. The lowest BCUT2D eigenvalue weighted by atomic mass is 10.1. The standard InChI is InChI=1S/C24H28N4OS/c1-18-6-5-7-22(19(18)2)28-15-12-25-24(28)30-17-23(29)26-16-20-8-10-21(11-9-20)27-13-3-4-14-27/h5-12,15H,3-4,13-14,16-17H2,1-2H3,(H,26,29). The Kier molecular flexibility index (Phi) is 6.43. The van der Waals surface area contributed by atoms with Crippen LogP contribution in [0.4, 0.5) is 5.69 Å². The number of nitrogens with zero attached hydrogens (tertiary/aromatic N) is 3. The summed E-state index contributed by atoms with van der Waals surface area (Å²) in [6.07, 6.45) is 6.28. The molecule has 5 nitrogen and oxygen atoms in total. The van der Waals surface area contributed by atoms with E-state index in [0.717, 1.165) is 29.5 Å². The van der Waals surface area contributed by atoms with Gasteiger partial charge < -0.3 is 10.2 Å². The van der Waals surface area contributed by atoms with Crippen molar-refractivity contribution in [3.05, 3.63) is 71.5 Å². The molecular weight excluding hydrogens is 392 g/mol. The lowest BCUT2D eigenvalue weighted by molar-refractivity contribution is -0.118. The Hall–Kier alpha value is -2.73. The molecule has 1 aliphatic heterocycles. The van der Waals surface area contributed by atoms with Gasteiger partial charge in [0.15, 0.2) is 5.16 Å². The van der Waals surface area contributed by atoms with Crippen LogP contribution < -0.4 is 10.2 Å². The van der Waals surface area contributed by atoms with Gasteiger partial charge in [0.1, 0.15) is 0 Å². The topological polar surface area (TPSA) is 50.2 Å². The van der Waals surface area contributed by atoms with Crippen molar-refractivity contribution in [1.82, 2.24) is 14.9 Å². The number of anilines is 1.